The molecule has 0 spiro atoms. The van der Waals surface area contributed by atoms with Gasteiger partial charge in [-0.1, -0.05) is 18.2 Å². The normalized spacial score (nSPS) is 10.1. The van der Waals surface area contributed by atoms with Gasteiger partial charge in [0.25, 0.3) is 5.91 Å². The van der Waals surface area contributed by atoms with Crippen molar-refractivity contribution in [2.45, 2.75) is 6.42 Å². The number of benzene rings is 1. The highest BCUT2D eigenvalue weighted by molar-refractivity contribution is 6.03. The molecule has 0 atom stereocenters. The van der Waals surface area contributed by atoms with Gasteiger partial charge >= 0.3 is 5.97 Å². The third-order valence-electron chi connectivity index (χ3n) is 2.81. The van der Waals surface area contributed by atoms with Crippen LogP contribution >= 0.6 is 0 Å². The summed E-state index contributed by atoms with van der Waals surface area (Å²) in [5.41, 5.74) is 1.39. The molecule has 2 rings (SSSR count). The van der Waals surface area contributed by atoms with Gasteiger partial charge in [0.2, 0.25) is 0 Å². The van der Waals surface area contributed by atoms with E-state index in [0.717, 1.165) is 5.56 Å². The van der Waals surface area contributed by atoms with Crippen molar-refractivity contribution in [1.82, 2.24) is 4.98 Å². The van der Waals surface area contributed by atoms with Crippen molar-refractivity contribution in [2.24, 2.45) is 0 Å². The van der Waals surface area contributed by atoms with Crippen molar-refractivity contribution in [3.05, 3.63) is 59.4 Å². The van der Waals surface area contributed by atoms with Crippen LogP contribution in [-0.4, -0.2) is 33.7 Å². The summed E-state index contributed by atoms with van der Waals surface area (Å²) in [5, 5.41) is 20.3. The second kappa shape index (κ2) is 6.62. The van der Waals surface area contributed by atoms with Crippen LogP contribution in [0.25, 0.3) is 0 Å². The van der Waals surface area contributed by atoms with Gasteiger partial charge in [0, 0.05) is 12.3 Å². The molecule has 0 radical (unpaired) electrons. The maximum absolute atomic E-state index is 12.0. The molecule has 0 aliphatic carbocycles. The molecule has 3 N–H and O–H groups in total. The highest BCUT2D eigenvalue weighted by Crippen LogP contribution is 2.11. The van der Waals surface area contributed by atoms with Crippen LogP contribution in [0.5, 0.6) is 0 Å². The summed E-state index contributed by atoms with van der Waals surface area (Å²) in [6.45, 7) is 0.0671. The van der Waals surface area contributed by atoms with Crippen molar-refractivity contribution >= 4 is 17.6 Å². The average Bonchev–Trinajstić information content (AvgIpc) is 2.49. The largest absolute Gasteiger partial charge is 0.477 e. The number of rotatable bonds is 5. The molecule has 6 heteroatoms. The van der Waals surface area contributed by atoms with E-state index in [1.54, 1.807) is 24.3 Å². The van der Waals surface area contributed by atoms with E-state index in [1.807, 2.05) is 0 Å². The molecule has 2 aromatic rings. The molecule has 0 aliphatic heterocycles. The highest BCUT2D eigenvalue weighted by atomic mass is 16.4. The minimum absolute atomic E-state index is 0.0364. The number of amides is 1. The van der Waals surface area contributed by atoms with Crippen LogP contribution in [0.4, 0.5) is 5.69 Å². The second-order valence-corrected chi connectivity index (χ2v) is 4.34. The van der Waals surface area contributed by atoms with Gasteiger partial charge in [-0.05, 0) is 36.2 Å². The average molecular weight is 286 g/mol. The Kier molecular flexibility index (Phi) is 4.63. The molecule has 1 aromatic carbocycles. The Morgan fingerprint density at radius 1 is 1.05 bits per heavy atom. The molecule has 0 fully saturated rings. The lowest BCUT2D eigenvalue weighted by Crippen LogP contribution is -2.15. The van der Waals surface area contributed by atoms with Gasteiger partial charge in [-0.25, -0.2) is 9.78 Å². The summed E-state index contributed by atoms with van der Waals surface area (Å²) in [6, 6.07) is 11.3. The SMILES string of the molecule is O=C(O)c1cccc(C(=O)Nc2ccc(CCO)cc2)n1. The first-order valence-corrected chi connectivity index (χ1v) is 6.31. The zero-order valence-corrected chi connectivity index (χ0v) is 11.1. The lowest BCUT2D eigenvalue weighted by molar-refractivity contribution is 0.0690. The molecule has 6 nitrogen and oxygen atoms in total. The molecule has 1 amide bonds. The molecule has 21 heavy (non-hydrogen) atoms. The molecule has 1 heterocycles. The number of aliphatic hydroxyl groups excluding tert-OH is 1. The molecule has 108 valence electrons. The number of aromatic carboxylic acids is 1. The van der Waals surface area contributed by atoms with Crippen molar-refractivity contribution < 1.29 is 19.8 Å². The molecule has 1 aromatic heterocycles. The minimum Gasteiger partial charge on any atom is -0.477 e. The number of anilines is 1. The lowest BCUT2D eigenvalue weighted by Gasteiger charge is -2.06. The van der Waals surface area contributed by atoms with Crippen LogP contribution in [0.15, 0.2) is 42.5 Å². The van der Waals surface area contributed by atoms with Gasteiger partial charge in [0.1, 0.15) is 11.4 Å². The first-order valence-electron chi connectivity index (χ1n) is 6.31. The van der Waals surface area contributed by atoms with E-state index >= 15 is 0 Å². The van der Waals surface area contributed by atoms with Crippen molar-refractivity contribution in [2.75, 3.05) is 11.9 Å². The Morgan fingerprint density at radius 2 is 1.71 bits per heavy atom. The maximum atomic E-state index is 12.0. The Balaban J connectivity index is 2.10. The summed E-state index contributed by atoms with van der Waals surface area (Å²) < 4.78 is 0. The Labute approximate surface area is 121 Å². The standard InChI is InChI=1S/C15H14N2O4/c18-9-8-10-4-6-11(7-5-10)16-14(19)12-2-1-3-13(17-12)15(20)21/h1-7,18H,8-9H2,(H,16,19)(H,20,21). The molecular formula is C15H14N2O4. The maximum Gasteiger partial charge on any atom is 0.354 e. The predicted octanol–water partition coefficient (Wildman–Crippen LogP) is 1.57. The number of aliphatic hydroxyl groups is 1. The van der Waals surface area contributed by atoms with Gasteiger partial charge in [-0.15, -0.1) is 0 Å². The summed E-state index contributed by atoms with van der Waals surface area (Å²) >= 11 is 0. The fourth-order valence-electron chi connectivity index (χ4n) is 1.76. The fraction of sp³-hybridized carbons (Fsp3) is 0.133. The minimum atomic E-state index is -1.18. The molecule has 0 aliphatic rings. The van der Waals surface area contributed by atoms with E-state index in [-0.39, 0.29) is 18.0 Å². The van der Waals surface area contributed by atoms with Crippen LogP contribution in [0, 0.1) is 0 Å². The van der Waals surface area contributed by atoms with Gasteiger partial charge in [-0.3, -0.25) is 4.79 Å². The van der Waals surface area contributed by atoms with Crippen molar-refractivity contribution in [3.8, 4) is 0 Å². The Morgan fingerprint density at radius 3 is 2.33 bits per heavy atom. The number of hydrogen-bond acceptors (Lipinski definition) is 4. The summed E-state index contributed by atoms with van der Waals surface area (Å²) in [4.78, 5) is 26.6. The van der Waals surface area contributed by atoms with E-state index < -0.39 is 11.9 Å². The van der Waals surface area contributed by atoms with Gasteiger partial charge in [0.15, 0.2) is 0 Å². The number of hydrogen-bond donors (Lipinski definition) is 3. The second-order valence-electron chi connectivity index (χ2n) is 4.34. The van der Waals surface area contributed by atoms with Crippen molar-refractivity contribution in [3.63, 3.8) is 0 Å². The number of pyridine rings is 1. The quantitative estimate of drug-likeness (QED) is 0.774. The van der Waals surface area contributed by atoms with Crippen molar-refractivity contribution in [1.29, 1.82) is 0 Å². The smallest absolute Gasteiger partial charge is 0.354 e. The third kappa shape index (κ3) is 3.87. The third-order valence-corrected chi connectivity index (χ3v) is 2.81. The zero-order valence-electron chi connectivity index (χ0n) is 11.1. The van der Waals surface area contributed by atoms with E-state index in [2.05, 4.69) is 10.3 Å². The summed E-state index contributed by atoms with van der Waals surface area (Å²) in [5.74, 6) is -1.66. The van der Waals surface area contributed by atoms with Gasteiger partial charge in [-0.2, -0.15) is 0 Å². The number of carbonyl (C=O) groups is 2. The Hall–Kier alpha value is -2.73. The predicted molar refractivity (Wildman–Crippen MR) is 76.4 cm³/mol. The number of carbonyl (C=O) groups excluding carboxylic acids is 1. The molecule has 0 saturated carbocycles. The Bertz CT molecular complexity index is 653. The summed E-state index contributed by atoms with van der Waals surface area (Å²) in [7, 11) is 0. The van der Waals surface area contributed by atoms with Crippen LogP contribution in [-0.2, 0) is 6.42 Å². The number of carboxylic acids is 1. The van der Waals surface area contributed by atoms with Gasteiger partial charge < -0.3 is 15.5 Å². The number of nitrogens with one attached hydrogen (secondary N) is 1. The van der Waals surface area contributed by atoms with Gasteiger partial charge in [0.05, 0.1) is 0 Å². The van der Waals surface area contributed by atoms with Crippen LogP contribution in [0.3, 0.4) is 0 Å². The highest BCUT2D eigenvalue weighted by Gasteiger charge is 2.11. The van der Waals surface area contributed by atoms with E-state index in [9.17, 15) is 9.59 Å². The van der Waals surface area contributed by atoms with E-state index in [1.165, 1.54) is 18.2 Å². The summed E-state index contributed by atoms with van der Waals surface area (Å²) in [6.07, 6.45) is 0.552. The lowest BCUT2D eigenvalue weighted by atomic mass is 10.1. The number of nitrogens with zero attached hydrogens (tertiary/aromatic N) is 1. The molecule has 0 unspecified atom stereocenters. The molecule has 0 saturated heterocycles. The number of carboxylic acid groups (broad SMARTS) is 1. The van der Waals surface area contributed by atoms with Crippen LogP contribution < -0.4 is 5.32 Å². The first kappa shape index (κ1) is 14.7. The fourth-order valence-corrected chi connectivity index (χ4v) is 1.76. The zero-order chi connectivity index (χ0) is 15.2. The molecule has 0 bridgehead atoms. The first-order chi connectivity index (χ1) is 10.1. The number of aromatic nitrogens is 1. The van der Waals surface area contributed by atoms with E-state index in [0.29, 0.717) is 12.1 Å². The van der Waals surface area contributed by atoms with Crippen LogP contribution in [0.2, 0.25) is 0 Å². The molecular weight excluding hydrogens is 272 g/mol. The topological polar surface area (TPSA) is 99.5 Å². The monoisotopic (exact) mass is 286 g/mol. The van der Waals surface area contributed by atoms with Crippen LogP contribution in [0.1, 0.15) is 26.5 Å². The van der Waals surface area contributed by atoms with E-state index in [4.69, 9.17) is 10.2 Å².